The molecule has 9 heteroatoms. The molecule has 0 amide bonds. The minimum Gasteiger partial charge on any atom is -0.489 e. The molecule has 0 saturated carbocycles. The van der Waals surface area contributed by atoms with E-state index in [1.165, 1.54) is 0 Å². The minimum absolute atomic E-state index is 0.00991. The first kappa shape index (κ1) is 33.5. The molecule has 9 nitrogen and oxygen atoms in total. The van der Waals surface area contributed by atoms with Crippen molar-refractivity contribution in [2.75, 3.05) is 26.4 Å². The SMILES string of the molecule is C=C(C)C(=O)OCCOc1cc(C(=O)OCCOC(O)C(=C)C)ccc1-c1ccc(-c2ccc(OC(=O)C(=C)C)cc2)cc1. The van der Waals surface area contributed by atoms with Gasteiger partial charge >= 0.3 is 17.9 Å². The molecule has 0 aliphatic carbocycles. The van der Waals surface area contributed by atoms with Crippen LogP contribution in [0.2, 0.25) is 0 Å². The van der Waals surface area contributed by atoms with Gasteiger partial charge in [-0.15, -0.1) is 0 Å². The number of aliphatic hydroxyl groups excluding tert-OH is 1. The van der Waals surface area contributed by atoms with Crippen LogP contribution in [0.15, 0.2) is 103 Å². The third kappa shape index (κ3) is 9.79. The van der Waals surface area contributed by atoms with E-state index in [1.54, 1.807) is 51.1 Å². The second-order valence-electron chi connectivity index (χ2n) is 9.95. The predicted octanol–water partition coefficient (Wildman–Crippen LogP) is 6.07. The normalized spacial score (nSPS) is 11.2. The number of carbonyl (C=O) groups excluding carboxylic acids is 3. The average Bonchev–Trinajstić information content (AvgIpc) is 3.01. The van der Waals surface area contributed by atoms with Gasteiger partial charge in [0.05, 0.1) is 12.2 Å². The van der Waals surface area contributed by atoms with Gasteiger partial charge in [0.25, 0.3) is 0 Å². The highest BCUT2D eigenvalue weighted by Gasteiger charge is 2.15. The molecule has 1 atom stereocenters. The summed E-state index contributed by atoms with van der Waals surface area (Å²) in [6.45, 7) is 15.4. The van der Waals surface area contributed by atoms with Crippen LogP contribution < -0.4 is 9.47 Å². The van der Waals surface area contributed by atoms with Crippen molar-refractivity contribution in [1.82, 2.24) is 0 Å². The molecular weight excluding hydrogens is 564 g/mol. The van der Waals surface area contributed by atoms with Gasteiger partial charge < -0.3 is 28.8 Å². The lowest BCUT2D eigenvalue weighted by Gasteiger charge is -2.15. The van der Waals surface area contributed by atoms with Gasteiger partial charge in [-0.3, -0.25) is 0 Å². The third-order valence-electron chi connectivity index (χ3n) is 6.10. The van der Waals surface area contributed by atoms with Crippen molar-refractivity contribution < 1.29 is 43.2 Å². The van der Waals surface area contributed by atoms with Gasteiger partial charge in [-0.2, -0.15) is 0 Å². The Labute approximate surface area is 257 Å². The van der Waals surface area contributed by atoms with E-state index in [2.05, 4.69) is 19.7 Å². The summed E-state index contributed by atoms with van der Waals surface area (Å²) < 4.78 is 26.8. The molecule has 1 N–H and O–H groups in total. The zero-order valence-corrected chi connectivity index (χ0v) is 25.1. The lowest BCUT2D eigenvalue weighted by molar-refractivity contribution is -0.139. The molecule has 0 aliphatic heterocycles. The molecule has 0 saturated heterocycles. The second-order valence-corrected chi connectivity index (χ2v) is 9.95. The first-order valence-corrected chi connectivity index (χ1v) is 13.8. The van der Waals surface area contributed by atoms with E-state index in [9.17, 15) is 19.5 Å². The summed E-state index contributed by atoms with van der Waals surface area (Å²) in [6, 6.07) is 19.7. The quantitative estimate of drug-likeness (QED) is 0.0554. The van der Waals surface area contributed by atoms with E-state index in [-0.39, 0.29) is 37.6 Å². The molecule has 0 spiro atoms. The second kappa shape index (κ2) is 16.0. The van der Waals surface area contributed by atoms with Crippen molar-refractivity contribution in [3.8, 4) is 33.8 Å². The smallest absolute Gasteiger partial charge is 0.338 e. The van der Waals surface area contributed by atoms with Gasteiger partial charge in [0.15, 0.2) is 6.29 Å². The Balaban J connectivity index is 1.77. The molecule has 0 bridgehead atoms. The number of carbonyl (C=O) groups is 3. The summed E-state index contributed by atoms with van der Waals surface area (Å²) in [4.78, 5) is 36.2. The Kier molecular flexibility index (Phi) is 12.2. The number of ether oxygens (including phenoxy) is 5. The van der Waals surface area contributed by atoms with E-state index in [0.29, 0.717) is 28.2 Å². The molecule has 3 aromatic rings. The van der Waals surface area contributed by atoms with Crippen LogP contribution in [0.3, 0.4) is 0 Å². The minimum atomic E-state index is -1.14. The van der Waals surface area contributed by atoms with Crippen LogP contribution in [0, 0.1) is 0 Å². The van der Waals surface area contributed by atoms with Crippen LogP contribution in [-0.4, -0.2) is 55.7 Å². The summed E-state index contributed by atoms with van der Waals surface area (Å²) >= 11 is 0. The summed E-state index contributed by atoms with van der Waals surface area (Å²) in [5, 5.41) is 9.66. The van der Waals surface area contributed by atoms with Gasteiger partial charge in [0.1, 0.15) is 31.3 Å². The van der Waals surface area contributed by atoms with Crippen molar-refractivity contribution in [1.29, 1.82) is 0 Å². The fraction of sp³-hybridized carbons (Fsp3) is 0.229. The monoisotopic (exact) mass is 600 g/mol. The Morgan fingerprint density at radius 3 is 1.86 bits per heavy atom. The molecule has 0 aromatic heterocycles. The highest BCUT2D eigenvalue weighted by atomic mass is 16.6. The van der Waals surface area contributed by atoms with Gasteiger partial charge in [-0.1, -0.05) is 56.1 Å². The van der Waals surface area contributed by atoms with E-state index in [4.69, 9.17) is 23.7 Å². The topological polar surface area (TPSA) is 118 Å². The van der Waals surface area contributed by atoms with Gasteiger partial charge in [-0.25, -0.2) is 14.4 Å². The Hall–Kier alpha value is -4.99. The third-order valence-corrected chi connectivity index (χ3v) is 6.10. The largest absolute Gasteiger partial charge is 0.489 e. The fourth-order valence-electron chi connectivity index (χ4n) is 3.69. The molecule has 0 heterocycles. The number of benzene rings is 3. The molecule has 3 rings (SSSR count). The van der Waals surface area contributed by atoms with E-state index in [1.807, 2.05) is 36.4 Å². The molecular formula is C35H36O9. The highest BCUT2D eigenvalue weighted by molar-refractivity contribution is 5.91. The van der Waals surface area contributed by atoms with Gasteiger partial charge in [0, 0.05) is 16.7 Å². The summed E-state index contributed by atoms with van der Waals surface area (Å²) in [6.07, 6.45) is -1.14. The Morgan fingerprint density at radius 1 is 0.705 bits per heavy atom. The van der Waals surface area contributed by atoms with Crippen LogP contribution in [0.1, 0.15) is 31.1 Å². The van der Waals surface area contributed by atoms with Crippen LogP contribution in [0.25, 0.3) is 22.3 Å². The maximum absolute atomic E-state index is 12.7. The zero-order chi connectivity index (χ0) is 32.2. The van der Waals surface area contributed by atoms with Crippen LogP contribution in [-0.2, 0) is 23.8 Å². The number of rotatable bonds is 15. The molecule has 0 fully saturated rings. The molecule has 44 heavy (non-hydrogen) atoms. The first-order chi connectivity index (χ1) is 21.0. The van der Waals surface area contributed by atoms with E-state index >= 15 is 0 Å². The summed E-state index contributed by atoms with van der Waals surface area (Å²) in [7, 11) is 0. The lowest BCUT2D eigenvalue weighted by atomic mass is 9.98. The van der Waals surface area contributed by atoms with Crippen LogP contribution in [0.4, 0.5) is 0 Å². The van der Waals surface area contributed by atoms with Crippen molar-refractivity contribution >= 4 is 17.9 Å². The number of esters is 3. The number of hydrogen-bond acceptors (Lipinski definition) is 9. The van der Waals surface area contributed by atoms with E-state index in [0.717, 1.165) is 16.7 Å². The maximum atomic E-state index is 12.7. The highest BCUT2D eigenvalue weighted by Crippen LogP contribution is 2.33. The predicted molar refractivity (Wildman–Crippen MR) is 166 cm³/mol. The number of aliphatic hydroxyl groups is 1. The van der Waals surface area contributed by atoms with Crippen LogP contribution in [0.5, 0.6) is 11.5 Å². The van der Waals surface area contributed by atoms with Crippen molar-refractivity contribution in [2.24, 2.45) is 0 Å². The lowest BCUT2D eigenvalue weighted by Crippen LogP contribution is -2.18. The number of hydrogen-bond donors (Lipinski definition) is 1. The first-order valence-electron chi connectivity index (χ1n) is 13.8. The van der Waals surface area contributed by atoms with Gasteiger partial charge in [0.2, 0.25) is 0 Å². The molecule has 0 aliphatic rings. The van der Waals surface area contributed by atoms with Crippen molar-refractivity contribution in [3.63, 3.8) is 0 Å². The average molecular weight is 601 g/mol. The Morgan fingerprint density at radius 2 is 1.27 bits per heavy atom. The standard InChI is InChI=1S/C35H36O9/c1-22(2)32(36)41-18-17-40-31-21-28(35(39)43-20-19-42-33(37)23(3)4)13-16-30(31)27-9-7-25(8-10-27)26-11-14-29(15-12-26)44-34(38)24(5)6/h7-16,21,33,37H,1,3,5,17-20H2,2,4,6H3. The summed E-state index contributed by atoms with van der Waals surface area (Å²) in [5.41, 5.74) is 4.64. The molecule has 0 radical (unpaired) electrons. The van der Waals surface area contributed by atoms with Crippen molar-refractivity contribution in [3.05, 3.63) is 109 Å². The fourth-order valence-corrected chi connectivity index (χ4v) is 3.69. The Bertz CT molecular complexity index is 1520. The zero-order valence-electron chi connectivity index (χ0n) is 25.1. The van der Waals surface area contributed by atoms with Crippen LogP contribution >= 0.6 is 0 Å². The molecule has 3 aromatic carbocycles. The molecule has 230 valence electrons. The summed E-state index contributed by atoms with van der Waals surface area (Å²) in [5.74, 6) is -0.805. The van der Waals surface area contributed by atoms with Crippen molar-refractivity contribution in [2.45, 2.75) is 27.1 Å². The molecule has 1 unspecified atom stereocenters. The van der Waals surface area contributed by atoms with E-state index < -0.39 is 24.2 Å². The van der Waals surface area contributed by atoms with Gasteiger partial charge in [-0.05, 0) is 73.4 Å². The maximum Gasteiger partial charge on any atom is 0.338 e.